The quantitative estimate of drug-likeness (QED) is 0.708. The Morgan fingerprint density at radius 1 is 1.11 bits per heavy atom. The van der Waals surface area contributed by atoms with Crippen molar-refractivity contribution in [2.45, 2.75) is 44.6 Å². The van der Waals surface area contributed by atoms with Gasteiger partial charge in [0.05, 0.1) is 11.6 Å². The first kappa shape index (κ1) is 22.1. The fourth-order valence-electron chi connectivity index (χ4n) is 3.10. The molecule has 1 fully saturated rings. The van der Waals surface area contributed by atoms with Crippen LogP contribution in [0.2, 0.25) is 5.02 Å². The van der Waals surface area contributed by atoms with Crippen molar-refractivity contribution in [3.8, 4) is 0 Å². The average Bonchev–Trinajstić information content (AvgIpc) is 2.60. The smallest absolute Gasteiger partial charge is 0.244 e. The molecule has 1 saturated heterocycles. The Labute approximate surface area is 167 Å². The highest BCUT2D eigenvalue weighted by atomic mass is 35.5. The van der Waals surface area contributed by atoms with Crippen LogP contribution < -0.4 is 5.32 Å². The van der Waals surface area contributed by atoms with Gasteiger partial charge >= 0.3 is 0 Å². The number of hydrogen-bond acceptors (Lipinski definition) is 4. The standard InChI is InChI=1S/C19H30ClN3O3S/c1-15(2)8-9-16(3)21-19(24)14-22-10-12-23(13-11-22)27(25,26)18-7-5-4-6-17(18)20/h4-7,15-16H,8-14H2,1-3H3,(H,21,24)/t16-/m0/s1. The van der Waals surface area contributed by atoms with Gasteiger partial charge in [-0.1, -0.05) is 37.6 Å². The minimum Gasteiger partial charge on any atom is -0.353 e. The van der Waals surface area contributed by atoms with Gasteiger partial charge < -0.3 is 5.32 Å². The molecule has 1 aromatic rings. The zero-order chi connectivity index (χ0) is 20.0. The first-order chi connectivity index (χ1) is 12.7. The molecule has 1 heterocycles. The van der Waals surface area contributed by atoms with E-state index in [0.717, 1.165) is 12.8 Å². The summed E-state index contributed by atoms with van der Waals surface area (Å²) >= 11 is 6.05. The van der Waals surface area contributed by atoms with Crippen molar-refractivity contribution < 1.29 is 13.2 Å². The molecule has 27 heavy (non-hydrogen) atoms. The van der Waals surface area contributed by atoms with Gasteiger partial charge in [0.1, 0.15) is 4.90 Å². The Bertz CT molecular complexity index is 731. The number of hydrogen-bond donors (Lipinski definition) is 1. The van der Waals surface area contributed by atoms with E-state index in [1.807, 2.05) is 11.8 Å². The van der Waals surface area contributed by atoms with Crippen LogP contribution >= 0.6 is 11.6 Å². The van der Waals surface area contributed by atoms with E-state index in [0.29, 0.717) is 38.6 Å². The van der Waals surface area contributed by atoms with Gasteiger partial charge in [-0.2, -0.15) is 4.31 Å². The average molecular weight is 416 g/mol. The van der Waals surface area contributed by atoms with Crippen molar-refractivity contribution in [1.82, 2.24) is 14.5 Å². The van der Waals surface area contributed by atoms with E-state index in [2.05, 4.69) is 19.2 Å². The number of halogens is 1. The van der Waals surface area contributed by atoms with Gasteiger partial charge in [0.25, 0.3) is 0 Å². The Morgan fingerprint density at radius 2 is 1.74 bits per heavy atom. The molecule has 0 unspecified atom stereocenters. The zero-order valence-corrected chi connectivity index (χ0v) is 17.9. The molecule has 152 valence electrons. The summed E-state index contributed by atoms with van der Waals surface area (Å²) in [5.74, 6) is 0.617. The second kappa shape index (κ2) is 9.87. The third-order valence-electron chi connectivity index (χ3n) is 4.74. The molecular weight excluding hydrogens is 386 g/mol. The van der Waals surface area contributed by atoms with E-state index in [4.69, 9.17) is 11.6 Å². The van der Waals surface area contributed by atoms with Crippen LogP contribution in [0.1, 0.15) is 33.6 Å². The van der Waals surface area contributed by atoms with Crippen LogP contribution in [0.15, 0.2) is 29.2 Å². The summed E-state index contributed by atoms with van der Waals surface area (Å²) in [4.78, 5) is 14.3. The SMILES string of the molecule is CC(C)CC[C@H](C)NC(=O)CN1CCN(S(=O)(=O)c2ccccc2Cl)CC1. The monoisotopic (exact) mass is 415 g/mol. The Balaban J connectivity index is 1.83. The minimum atomic E-state index is -3.60. The van der Waals surface area contributed by atoms with Gasteiger partial charge in [-0.05, 0) is 37.8 Å². The summed E-state index contributed by atoms with van der Waals surface area (Å²) in [6.07, 6.45) is 2.05. The Kier molecular flexibility index (Phi) is 8.09. The summed E-state index contributed by atoms with van der Waals surface area (Å²) < 4.78 is 26.9. The lowest BCUT2D eigenvalue weighted by molar-refractivity contribution is -0.123. The van der Waals surface area contributed by atoms with Crippen molar-refractivity contribution in [3.63, 3.8) is 0 Å². The maximum Gasteiger partial charge on any atom is 0.244 e. The fraction of sp³-hybridized carbons (Fsp3) is 0.632. The number of benzene rings is 1. The van der Waals surface area contributed by atoms with Gasteiger partial charge in [0.2, 0.25) is 15.9 Å². The molecule has 0 aromatic heterocycles. The molecule has 1 atom stereocenters. The lowest BCUT2D eigenvalue weighted by Gasteiger charge is -2.33. The van der Waals surface area contributed by atoms with Gasteiger partial charge in [0.15, 0.2) is 0 Å². The van der Waals surface area contributed by atoms with Crippen molar-refractivity contribution in [3.05, 3.63) is 29.3 Å². The molecule has 0 radical (unpaired) electrons. The zero-order valence-electron chi connectivity index (χ0n) is 16.3. The minimum absolute atomic E-state index is 0.00586. The number of nitrogens with one attached hydrogen (secondary N) is 1. The van der Waals surface area contributed by atoms with Crippen molar-refractivity contribution in [2.75, 3.05) is 32.7 Å². The molecule has 1 aromatic carbocycles. The highest BCUT2D eigenvalue weighted by Crippen LogP contribution is 2.24. The molecule has 0 aliphatic carbocycles. The van der Waals surface area contributed by atoms with Crippen LogP contribution in [0.25, 0.3) is 0 Å². The first-order valence-corrected chi connectivity index (χ1v) is 11.3. The number of amides is 1. The van der Waals surface area contributed by atoms with Crippen molar-refractivity contribution >= 4 is 27.5 Å². The van der Waals surface area contributed by atoms with Gasteiger partial charge in [-0.15, -0.1) is 0 Å². The maximum absolute atomic E-state index is 12.8. The number of carbonyl (C=O) groups is 1. The van der Waals surface area contributed by atoms with Crippen LogP contribution in [0.3, 0.4) is 0 Å². The second-order valence-electron chi connectivity index (χ2n) is 7.55. The third kappa shape index (κ3) is 6.45. The van der Waals surface area contributed by atoms with Crippen molar-refractivity contribution in [1.29, 1.82) is 0 Å². The summed E-state index contributed by atoms with van der Waals surface area (Å²) in [5, 5.41) is 3.26. The van der Waals surface area contributed by atoms with Gasteiger partial charge in [-0.25, -0.2) is 8.42 Å². The molecular formula is C19H30ClN3O3S. The second-order valence-corrected chi connectivity index (χ2v) is 9.86. The van der Waals surface area contributed by atoms with Gasteiger partial charge in [0, 0.05) is 32.2 Å². The highest BCUT2D eigenvalue weighted by Gasteiger charge is 2.30. The van der Waals surface area contributed by atoms with E-state index in [-0.39, 0.29) is 21.9 Å². The van der Waals surface area contributed by atoms with Crippen LogP contribution in [0.5, 0.6) is 0 Å². The lowest BCUT2D eigenvalue weighted by atomic mass is 10.0. The van der Waals surface area contributed by atoms with Crippen LogP contribution in [0.4, 0.5) is 0 Å². The number of nitrogens with zero attached hydrogens (tertiary/aromatic N) is 2. The van der Waals surface area contributed by atoms with Crippen LogP contribution in [-0.2, 0) is 14.8 Å². The van der Waals surface area contributed by atoms with Crippen molar-refractivity contribution in [2.24, 2.45) is 5.92 Å². The third-order valence-corrected chi connectivity index (χ3v) is 7.14. The summed E-state index contributed by atoms with van der Waals surface area (Å²) in [7, 11) is -3.60. The Hall–Kier alpha value is -1.15. The predicted molar refractivity (Wildman–Crippen MR) is 108 cm³/mol. The number of sulfonamides is 1. The summed E-state index contributed by atoms with van der Waals surface area (Å²) in [6, 6.07) is 6.63. The molecule has 0 spiro atoms. The largest absolute Gasteiger partial charge is 0.353 e. The highest BCUT2D eigenvalue weighted by molar-refractivity contribution is 7.89. The first-order valence-electron chi connectivity index (χ1n) is 9.46. The normalized spacial score (nSPS) is 17.8. The molecule has 6 nitrogen and oxygen atoms in total. The molecule has 1 aliphatic heterocycles. The maximum atomic E-state index is 12.8. The summed E-state index contributed by atoms with van der Waals surface area (Å²) in [6.45, 7) is 8.41. The summed E-state index contributed by atoms with van der Waals surface area (Å²) in [5.41, 5.74) is 0. The Morgan fingerprint density at radius 3 is 2.33 bits per heavy atom. The predicted octanol–water partition coefficient (Wildman–Crippen LogP) is 2.59. The van der Waals surface area contributed by atoms with E-state index in [9.17, 15) is 13.2 Å². The van der Waals surface area contributed by atoms with E-state index in [1.54, 1.807) is 18.2 Å². The molecule has 1 aliphatic rings. The van der Waals surface area contributed by atoms with E-state index in [1.165, 1.54) is 10.4 Å². The number of rotatable bonds is 8. The molecule has 0 saturated carbocycles. The van der Waals surface area contributed by atoms with E-state index < -0.39 is 10.0 Å². The molecule has 8 heteroatoms. The lowest BCUT2D eigenvalue weighted by Crippen LogP contribution is -2.51. The van der Waals surface area contributed by atoms with Gasteiger partial charge in [-0.3, -0.25) is 9.69 Å². The molecule has 2 rings (SSSR count). The molecule has 1 N–H and O–H groups in total. The van der Waals surface area contributed by atoms with Crippen LogP contribution in [-0.4, -0.2) is 62.3 Å². The van der Waals surface area contributed by atoms with Crippen LogP contribution in [0, 0.1) is 5.92 Å². The topological polar surface area (TPSA) is 69.7 Å². The number of piperazine rings is 1. The molecule has 0 bridgehead atoms. The van der Waals surface area contributed by atoms with E-state index >= 15 is 0 Å². The molecule has 1 amide bonds. The fourth-order valence-corrected chi connectivity index (χ4v) is 5.02. The number of carbonyl (C=O) groups excluding carboxylic acids is 1.